The summed E-state index contributed by atoms with van der Waals surface area (Å²) < 4.78 is 24.5. The molecule has 0 saturated carbocycles. The Bertz CT molecular complexity index is 2290. The summed E-state index contributed by atoms with van der Waals surface area (Å²) >= 11 is 11.9. The van der Waals surface area contributed by atoms with E-state index in [0.717, 1.165) is 115 Å². The van der Waals surface area contributed by atoms with Crippen molar-refractivity contribution in [2.75, 3.05) is 26.4 Å². The van der Waals surface area contributed by atoms with Gasteiger partial charge in [0.05, 0.1) is 43.5 Å². The van der Waals surface area contributed by atoms with E-state index >= 15 is 0 Å². The van der Waals surface area contributed by atoms with Crippen LogP contribution in [0, 0.1) is 0 Å². The highest BCUT2D eigenvalue weighted by Crippen LogP contribution is 2.26. The van der Waals surface area contributed by atoms with Crippen LogP contribution in [-0.2, 0) is 6.42 Å². The van der Waals surface area contributed by atoms with E-state index in [1.807, 2.05) is 134 Å². The summed E-state index contributed by atoms with van der Waals surface area (Å²) in [7, 11) is 0. The lowest BCUT2D eigenvalue weighted by Crippen LogP contribution is -2.03. The number of aliphatic imine (C=N–C) groups is 3. The fourth-order valence-electron chi connectivity index (χ4n) is 6.32. The first kappa shape index (κ1) is 45.6. The van der Waals surface area contributed by atoms with E-state index in [-0.39, 0.29) is 0 Å². The van der Waals surface area contributed by atoms with Crippen LogP contribution in [0.2, 0.25) is 10.0 Å². The number of aryl methyl sites for hydroxylation is 1. The number of unbranched alkanes of at least 4 members (excludes halogenated alkanes) is 6. The maximum Gasteiger partial charge on any atom is 0.131 e. The first-order valence-electron chi connectivity index (χ1n) is 21.6. The Morgan fingerprint density at radius 3 is 1.24 bits per heavy atom. The van der Waals surface area contributed by atoms with Gasteiger partial charge in [-0.3, -0.25) is 15.0 Å². The smallest absolute Gasteiger partial charge is 0.131 e. The summed E-state index contributed by atoms with van der Waals surface area (Å²) in [6, 6.07) is 45.3. The lowest BCUT2D eigenvalue weighted by molar-refractivity contribution is 0.279. The first-order valence-corrected chi connectivity index (χ1v) is 22.3. The average Bonchev–Trinajstić information content (AvgIpc) is 3.31. The van der Waals surface area contributed by atoms with Crippen molar-refractivity contribution in [1.82, 2.24) is 0 Å². The monoisotopic (exact) mass is 867 g/mol. The molecule has 0 amide bonds. The molecule has 7 nitrogen and oxygen atoms in total. The molecule has 0 bridgehead atoms. The van der Waals surface area contributed by atoms with E-state index in [1.165, 1.54) is 5.56 Å². The molecule has 0 aliphatic heterocycles. The third-order valence-corrected chi connectivity index (χ3v) is 10.5. The van der Waals surface area contributed by atoms with Crippen molar-refractivity contribution in [2.24, 2.45) is 15.0 Å². The second-order valence-electron chi connectivity index (χ2n) is 14.8. The highest BCUT2D eigenvalue weighted by molar-refractivity contribution is 6.30. The Hall–Kier alpha value is -5.89. The van der Waals surface area contributed by atoms with Crippen molar-refractivity contribution in [2.45, 2.75) is 64.7 Å². The summed E-state index contributed by atoms with van der Waals surface area (Å²) in [5.74, 6) is 3.30. The van der Waals surface area contributed by atoms with Crippen LogP contribution in [0.5, 0.6) is 23.0 Å². The van der Waals surface area contributed by atoms with Crippen molar-refractivity contribution >= 4 is 58.9 Å². The van der Waals surface area contributed by atoms with E-state index in [9.17, 15) is 0 Å². The summed E-state index contributed by atoms with van der Waals surface area (Å²) in [5.41, 5.74) is 6.87. The van der Waals surface area contributed by atoms with Crippen LogP contribution in [0.1, 0.15) is 80.5 Å². The number of hydrogen-bond acceptors (Lipinski definition) is 7. The zero-order valence-corrected chi connectivity index (χ0v) is 36.9. The van der Waals surface area contributed by atoms with Gasteiger partial charge in [-0.2, -0.15) is 0 Å². The minimum Gasteiger partial charge on any atom is -0.494 e. The van der Waals surface area contributed by atoms with Crippen LogP contribution >= 0.6 is 23.2 Å². The third-order valence-electron chi connectivity index (χ3n) is 9.96. The second-order valence-corrected chi connectivity index (χ2v) is 15.7. The van der Waals surface area contributed by atoms with Gasteiger partial charge < -0.3 is 18.9 Å². The molecule has 6 aromatic rings. The fourth-order valence-corrected chi connectivity index (χ4v) is 6.57. The molecule has 0 fully saturated rings. The quantitative estimate of drug-likeness (QED) is 0.0424. The molecular weight excluding hydrogens is 814 g/mol. The van der Waals surface area contributed by atoms with Crippen LogP contribution in [-0.4, -0.2) is 45.1 Å². The Balaban J connectivity index is 0.879. The van der Waals surface area contributed by atoms with Gasteiger partial charge in [0.2, 0.25) is 0 Å². The van der Waals surface area contributed by atoms with Crippen LogP contribution in [0.4, 0.5) is 17.1 Å². The zero-order chi connectivity index (χ0) is 43.0. The molecule has 62 heavy (non-hydrogen) atoms. The number of ether oxygens (including phenoxy) is 4. The summed E-state index contributed by atoms with van der Waals surface area (Å²) in [6.07, 6.45) is 14.7. The zero-order valence-electron chi connectivity index (χ0n) is 35.4. The molecule has 6 rings (SSSR count). The Kier molecular flexibility index (Phi) is 19.0. The minimum atomic E-state index is 0.611. The van der Waals surface area contributed by atoms with E-state index in [0.29, 0.717) is 36.5 Å². The molecule has 0 heterocycles. The second kappa shape index (κ2) is 25.8. The lowest BCUT2D eigenvalue weighted by atomic mass is 10.1. The van der Waals surface area contributed by atoms with E-state index < -0.39 is 0 Å². The highest BCUT2D eigenvalue weighted by Gasteiger charge is 2.07. The maximum absolute atomic E-state index is 6.35. The van der Waals surface area contributed by atoms with Crippen molar-refractivity contribution in [1.29, 1.82) is 0 Å². The van der Waals surface area contributed by atoms with Crippen molar-refractivity contribution in [3.63, 3.8) is 0 Å². The standard InChI is InChI=1S/C53H55Cl2N3O4/c1-2-41-11-22-47(23-12-41)58-40-44-17-32-52(61-35-9-4-3-7-33-59-50-28-13-42(14-29-50)38-56-48-24-18-45(54)19-25-48)37-53(44)62-36-10-6-5-8-34-60-51-30-15-43(16-31-51)39-57-49-26-20-46(55)21-27-49/h11-32,37-40H,2-10,33-36H2,1H3. The van der Waals surface area contributed by atoms with Crippen molar-refractivity contribution in [3.8, 4) is 23.0 Å². The van der Waals surface area contributed by atoms with Crippen LogP contribution < -0.4 is 18.9 Å². The summed E-state index contributed by atoms with van der Waals surface area (Å²) in [6.45, 7) is 4.75. The average molecular weight is 869 g/mol. The molecule has 0 atom stereocenters. The van der Waals surface area contributed by atoms with E-state index in [4.69, 9.17) is 47.1 Å². The van der Waals surface area contributed by atoms with E-state index in [1.54, 1.807) is 0 Å². The van der Waals surface area contributed by atoms with Crippen LogP contribution in [0.15, 0.2) is 155 Å². The minimum absolute atomic E-state index is 0.611. The molecule has 0 radical (unpaired) electrons. The van der Waals surface area contributed by atoms with Gasteiger partial charge in [-0.15, -0.1) is 0 Å². The Morgan fingerprint density at radius 2 is 0.790 bits per heavy atom. The number of nitrogens with zero attached hydrogens (tertiary/aromatic N) is 3. The number of hydrogen-bond donors (Lipinski definition) is 0. The normalized spacial score (nSPS) is 11.5. The van der Waals surface area contributed by atoms with Crippen molar-refractivity contribution in [3.05, 3.63) is 172 Å². The number of rotatable bonds is 25. The molecule has 9 heteroatoms. The molecule has 0 aliphatic carbocycles. The SMILES string of the molecule is CCc1ccc(N=Cc2ccc(OCCCCCCOc3ccc(C=Nc4ccc(Cl)cc4)cc3)cc2OCCCCCCOc2ccc(C=Nc3ccc(Cl)cc3)cc2)cc1. The molecule has 320 valence electrons. The molecule has 0 saturated heterocycles. The topological polar surface area (TPSA) is 74.0 Å². The van der Waals surface area contributed by atoms with Crippen molar-refractivity contribution < 1.29 is 18.9 Å². The molecule has 0 spiro atoms. The molecule has 0 aromatic heterocycles. The third kappa shape index (κ3) is 16.5. The number of halogens is 2. The lowest BCUT2D eigenvalue weighted by Gasteiger charge is -2.13. The van der Waals surface area contributed by atoms with Crippen LogP contribution in [0.3, 0.4) is 0 Å². The first-order chi connectivity index (χ1) is 30.5. The summed E-state index contributed by atoms with van der Waals surface area (Å²) in [4.78, 5) is 13.7. The van der Waals surface area contributed by atoms with Crippen LogP contribution in [0.25, 0.3) is 0 Å². The van der Waals surface area contributed by atoms with Gasteiger partial charge in [0.15, 0.2) is 0 Å². The Labute approximate surface area is 377 Å². The predicted molar refractivity (Wildman–Crippen MR) is 259 cm³/mol. The largest absolute Gasteiger partial charge is 0.494 e. The van der Waals surface area contributed by atoms with Gasteiger partial charge in [0.1, 0.15) is 23.0 Å². The predicted octanol–water partition coefficient (Wildman–Crippen LogP) is 14.8. The molecule has 0 aliphatic rings. The Morgan fingerprint density at radius 1 is 0.403 bits per heavy atom. The van der Waals surface area contributed by atoms with Gasteiger partial charge in [-0.25, -0.2) is 0 Å². The van der Waals surface area contributed by atoms with E-state index in [2.05, 4.69) is 41.2 Å². The fraction of sp³-hybridized carbons (Fsp3) is 0.264. The van der Waals surface area contributed by atoms with Gasteiger partial charge in [0.25, 0.3) is 0 Å². The summed E-state index contributed by atoms with van der Waals surface area (Å²) in [5, 5.41) is 1.40. The molecule has 0 N–H and O–H groups in total. The molecule has 0 unspecified atom stereocenters. The van der Waals surface area contributed by atoms with Gasteiger partial charge in [-0.05, 0) is 196 Å². The molecular formula is C53H55Cl2N3O4. The number of benzene rings is 6. The van der Waals surface area contributed by atoms with Gasteiger partial charge in [0, 0.05) is 40.3 Å². The van der Waals surface area contributed by atoms with Gasteiger partial charge >= 0.3 is 0 Å². The highest BCUT2D eigenvalue weighted by atomic mass is 35.5. The maximum atomic E-state index is 6.35. The molecule has 6 aromatic carbocycles. The van der Waals surface area contributed by atoms with Gasteiger partial charge in [-0.1, -0.05) is 42.3 Å².